The van der Waals surface area contributed by atoms with Crippen LogP contribution < -0.4 is 15.0 Å². The van der Waals surface area contributed by atoms with E-state index >= 15 is 4.39 Å². The number of rotatable bonds is 7. The number of terminal acetylenes is 1. The Kier molecular flexibility index (Phi) is 8.32. The number of aromatic nitrogens is 3. The molecule has 8 rings (SSSR count). The third-order valence-corrected chi connectivity index (χ3v) is 10.8. The van der Waals surface area contributed by atoms with Crippen LogP contribution in [0.2, 0.25) is 0 Å². The van der Waals surface area contributed by atoms with E-state index in [1.807, 2.05) is 0 Å². The Morgan fingerprint density at radius 1 is 1.04 bits per heavy atom. The van der Waals surface area contributed by atoms with Gasteiger partial charge in [0.1, 0.15) is 22.8 Å². The lowest BCUT2D eigenvalue weighted by atomic mass is 9.93. The van der Waals surface area contributed by atoms with Crippen molar-refractivity contribution >= 4 is 27.5 Å². The highest BCUT2D eigenvalue weighted by Crippen LogP contribution is 2.47. The van der Waals surface area contributed by atoms with E-state index in [-0.39, 0.29) is 40.2 Å². The van der Waals surface area contributed by atoms with Crippen molar-refractivity contribution in [1.82, 2.24) is 25.2 Å². The molecule has 5 heterocycles. The summed E-state index contributed by atoms with van der Waals surface area (Å²) < 4.78 is 80.7. The minimum Gasteiger partial charge on any atom is -0.463 e. The van der Waals surface area contributed by atoms with Gasteiger partial charge in [-0.3, -0.25) is 4.74 Å². The molecule has 4 aliphatic rings. The smallest absolute Gasteiger partial charge is 0.463 e. The van der Waals surface area contributed by atoms with Crippen LogP contribution in [0.4, 0.5) is 27.8 Å². The standard InChI is InChI=1S/C37H37F5N6O2/c1-3-24-26(38)8-7-22-5-4-6-25(29(22)24)32-31(39)33-30-27(44-32)17-21(2)28-18-43-13-16-48(28)34(30)46-35(45-33)49-20-36(11-12-36)19-47-14-9-23(10-15-47)50-37(40,41)42/h1,4-8,21,23,28,43H,9-20H2,2H3/t21-,28?/m0/s1. The number of nitrogens with zero attached hydrogens (tertiary/aromatic N) is 5. The number of pyridine rings is 1. The summed E-state index contributed by atoms with van der Waals surface area (Å²) in [6, 6.07) is 8.34. The average Bonchev–Trinajstić information content (AvgIpc) is 3.88. The quantitative estimate of drug-likeness (QED) is 0.181. The lowest BCUT2D eigenvalue weighted by molar-refractivity contribution is -0.345. The molecule has 262 valence electrons. The molecule has 1 unspecified atom stereocenters. The van der Waals surface area contributed by atoms with E-state index in [0.29, 0.717) is 85.3 Å². The highest BCUT2D eigenvalue weighted by atomic mass is 19.4. The Hall–Kier alpha value is -4.12. The fourth-order valence-corrected chi connectivity index (χ4v) is 8.03. The van der Waals surface area contributed by atoms with Gasteiger partial charge < -0.3 is 19.9 Å². The van der Waals surface area contributed by atoms with E-state index < -0.39 is 24.1 Å². The summed E-state index contributed by atoms with van der Waals surface area (Å²) in [5, 5.41) is 5.10. The molecule has 3 fully saturated rings. The topological polar surface area (TPSA) is 75.6 Å². The van der Waals surface area contributed by atoms with Gasteiger partial charge in [0.2, 0.25) is 0 Å². The van der Waals surface area contributed by atoms with Gasteiger partial charge in [0.25, 0.3) is 0 Å². The Morgan fingerprint density at radius 3 is 2.58 bits per heavy atom. The molecule has 13 heteroatoms. The largest absolute Gasteiger partial charge is 0.522 e. The summed E-state index contributed by atoms with van der Waals surface area (Å²) in [6.45, 7) is 6.25. The number of nitrogens with one attached hydrogen (secondary N) is 1. The summed E-state index contributed by atoms with van der Waals surface area (Å²) in [4.78, 5) is 18.9. The number of alkyl halides is 3. The van der Waals surface area contributed by atoms with Crippen LogP contribution in [0.5, 0.6) is 6.01 Å². The number of halogens is 5. The number of benzene rings is 2. The maximum atomic E-state index is 17.0. The van der Waals surface area contributed by atoms with Gasteiger partial charge in [-0.25, -0.2) is 13.8 Å². The van der Waals surface area contributed by atoms with Gasteiger partial charge in [-0.05, 0) is 49.5 Å². The molecule has 2 saturated heterocycles. The van der Waals surface area contributed by atoms with E-state index in [4.69, 9.17) is 21.1 Å². The van der Waals surface area contributed by atoms with Crippen molar-refractivity contribution in [2.24, 2.45) is 11.3 Å². The summed E-state index contributed by atoms with van der Waals surface area (Å²) in [5.41, 5.74) is 1.02. The van der Waals surface area contributed by atoms with Gasteiger partial charge in [0, 0.05) is 61.7 Å². The zero-order chi connectivity index (χ0) is 34.8. The Labute approximate surface area is 286 Å². The van der Waals surface area contributed by atoms with Crippen molar-refractivity contribution in [3.05, 3.63) is 53.2 Å². The Bertz CT molecular complexity index is 2000. The minimum absolute atomic E-state index is 0.0394. The van der Waals surface area contributed by atoms with Crippen LogP contribution >= 0.6 is 0 Å². The second-order valence-electron chi connectivity index (χ2n) is 14.2. The van der Waals surface area contributed by atoms with E-state index in [1.165, 1.54) is 6.07 Å². The molecule has 0 bridgehead atoms. The molecule has 2 aromatic heterocycles. The molecule has 8 nitrogen and oxygen atoms in total. The first-order chi connectivity index (χ1) is 24.0. The fourth-order valence-electron chi connectivity index (χ4n) is 8.03. The number of piperazine rings is 1. The second-order valence-corrected chi connectivity index (χ2v) is 14.2. The Morgan fingerprint density at radius 2 is 1.84 bits per heavy atom. The molecular weight excluding hydrogens is 655 g/mol. The van der Waals surface area contributed by atoms with Crippen LogP contribution in [-0.2, 0) is 11.2 Å². The van der Waals surface area contributed by atoms with Crippen LogP contribution in [0, 0.1) is 35.3 Å². The predicted octanol–water partition coefficient (Wildman–Crippen LogP) is 6.23. The molecule has 0 spiro atoms. The van der Waals surface area contributed by atoms with Crippen LogP contribution in [0.15, 0.2) is 30.3 Å². The monoisotopic (exact) mass is 692 g/mol. The zero-order valence-electron chi connectivity index (χ0n) is 27.6. The van der Waals surface area contributed by atoms with Crippen molar-refractivity contribution in [2.75, 3.05) is 50.8 Å². The first-order valence-corrected chi connectivity index (χ1v) is 17.2. The summed E-state index contributed by atoms with van der Waals surface area (Å²) >= 11 is 0. The molecule has 3 aliphatic heterocycles. The summed E-state index contributed by atoms with van der Waals surface area (Å²) in [6.07, 6.45) is 3.26. The number of likely N-dealkylation sites (tertiary alicyclic amines) is 1. The van der Waals surface area contributed by atoms with Crippen molar-refractivity contribution in [2.45, 2.75) is 57.5 Å². The third kappa shape index (κ3) is 6.11. The molecule has 50 heavy (non-hydrogen) atoms. The molecule has 2 aromatic carbocycles. The number of piperidine rings is 1. The van der Waals surface area contributed by atoms with Crippen LogP contribution in [-0.4, -0.2) is 84.2 Å². The van der Waals surface area contributed by atoms with Crippen molar-refractivity contribution in [3.63, 3.8) is 0 Å². The normalized spacial score (nSPS) is 22.3. The van der Waals surface area contributed by atoms with Gasteiger partial charge >= 0.3 is 12.4 Å². The van der Waals surface area contributed by atoms with Crippen LogP contribution in [0.25, 0.3) is 32.9 Å². The van der Waals surface area contributed by atoms with Crippen molar-refractivity contribution in [1.29, 1.82) is 0 Å². The fraction of sp³-hybridized carbons (Fsp3) is 0.486. The SMILES string of the molecule is C#Cc1c(F)ccc2cccc(-c3nc4c5c(nc(OCC6(CN7CCC(OC(F)(F)F)CC7)CC6)nc5c3F)N3CCNCC3[C@@H](C)C4)c12. The van der Waals surface area contributed by atoms with Crippen molar-refractivity contribution in [3.8, 4) is 29.6 Å². The zero-order valence-corrected chi connectivity index (χ0v) is 27.6. The lowest BCUT2D eigenvalue weighted by Gasteiger charge is -2.39. The lowest BCUT2D eigenvalue weighted by Crippen LogP contribution is -2.54. The molecule has 0 radical (unpaired) electrons. The Balaban J connectivity index is 1.16. The van der Waals surface area contributed by atoms with Crippen molar-refractivity contribution < 1.29 is 31.4 Å². The highest BCUT2D eigenvalue weighted by molar-refractivity contribution is 6.02. The second kappa shape index (κ2) is 12.6. The average molecular weight is 693 g/mol. The first-order valence-electron chi connectivity index (χ1n) is 17.2. The van der Waals surface area contributed by atoms with Gasteiger partial charge in [0.15, 0.2) is 5.82 Å². The maximum Gasteiger partial charge on any atom is 0.522 e. The first kappa shape index (κ1) is 33.0. The molecule has 0 amide bonds. The molecule has 2 atom stereocenters. The number of fused-ring (bicyclic) bond motifs is 3. The van der Waals surface area contributed by atoms with E-state index in [0.717, 1.165) is 25.9 Å². The van der Waals surface area contributed by atoms with E-state index in [2.05, 4.69) is 37.7 Å². The van der Waals surface area contributed by atoms with Gasteiger partial charge in [-0.2, -0.15) is 9.97 Å². The van der Waals surface area contributed by atoms with E-state index in [9.17, 15) is 17.6 Å². The number of anilines is 1. The predicted molar refractivity (Wildman–Crippen MR) is 179 cm³/mol. The number of hydrogen-bond acceptors (Lipinski definition) is 8. The molecular formula is C37H37F5N6O2. The summed E-state index contributed by atoms with van der Waals surface area (Å²) in [5.74, 6) is 1.94. The number of ether oxygens (including phenoxy) is 2. The van der Waals surface area contributed by atoms with Crippen LogP contribution in [0.1, 0.15) is 43.9 Å². The summed E-state index contributed by atoms with van der Waals surface area (Å²) in [7, 11) is 0. The van der Waals surface area contributed by atoms with Gasteiger partial charge in [-0.15, -0.1) is 19.6 Å². The van der Waals surface area contributed by atoms with E-state index in [1.54, 1.807) is 24.3 Å². The van der Waals surface area contributed by atoms with Gasteiger partial charge in [-0.1, -0.05) is 37.1 Å². The number of hydrogen-bond donors (Lipinski definition) is 1. The van der Waals surface area contributed by atoms with Gasteiger partial charge in [0.05, 0.1) is 29.4 Å². The maximum absolute atomic E-state index is 17.0. The molecule has 1 N–H and O–H groups in total. The third-order valence-electron chi connectivity index (χ3n) is 10.8. The molecule has 1 saturated carbocycles. The molecule has 4 aromatic rings. The minimum atomic E-state index is -4.63. The highest BCUT2D eigenvalue weighted by Gasteiger charge is 2.46. The van der Waals surface area contributed by atoms with Crippen LogP contribution in [0.3, 0.4) is 0 Å². The molecule has 1 aliphatic carbocycles.